The molecule has 170 valence electrons. The third-order valence-corrected chi connectivity index (χ3v) is 8.42. The van der Waals surface area contributed by atoms with Crippen molar-refractivity contribution in [2.24, 2.45) is 5.92 Å². The molecule has 0 fully saturated rings. The average molecular weight is 461 g/mol. The van der Waals surface area contributed by atoms with Crippen molar-refractivity contribution < 1.29 is 13.6 Å². The summed E-state index contributed by atoms with van der Waals surface area (Å²) in [6.45, 7) is 8.99. The second kappa shape index (κ2) is 14.0. The fraction of sp³-hybridized carbons (Fsp3) is 0.462. The van der Waals surface area contributed by atoms with Gasteiger partial charge in [0.15, 0.2) is 0 Å². The van der Waals surface area contributed by atoms with Crippen LogP contribution in [0.2, 0.25) is 0 Å². The van der Waals surface area contributed by atoms with Crippen molar-refractivity contribution in [3.63, 3.8) is 0 Å². The minimum absolute atomic E-state index is 0.301. The van der Waals surface area contributed by atoms with Gasteiger partial charge in [-0.2, -0.15) is 0 Å². The molecule has 0 heterocycles. The van der Waals surface area contributed by atoms with Crippen molar-refractivity contribution in [2.75, 3.05) is 19.0 Å². The summed E-state index contributed by atoms with van der Waals surface area (Å²) < 4.78 is 23.4. The summed E-state index contributed by atoms with van der Waals surface area (Å²) in [5.74, 6) is 2.01. The molecular weight excluding hydrogens is 423 g/mol. The SMILES string of the molecule is CCCC(CC)CSc1ccc(/C=C/c2ccc(CP(=O)(OCC)OCC)cc2)cc1. The van der Waals surface area contributed by atoms with E-state index in [0.29, 0.717) is 19.4 Å². The first kappa shape index (κ1) is 25.9. The van der Waals surface area contributed by atoms with E-state index in [4.69, 9.17) is 9.05 Å². The number of rotatable bonds is 14. The molecule has 0 saturated heterocycles. The summed E-state index contributed by atoms with van der Waals surface area (Å²) >= 11 is 1.96. The fourth-order valence-electron chi connectivity index (χ4n) is 3.37. The van der Waals surface area contributed by atoms with Crippen LogP contribution in [0.5, 0.6) is 0 Å². The van der Waals surface area contributed by atoms with Crippen LogP contribution < -0.4 is 0 Å². The molecule has 2 aromatic rings. The van der Waals surface area contributed by atoms with Crippen molar-refractivity contribution in [3.05, 3.63) is 65.2 Å². The molecule has 0 amide bonds. The van der Waals surface area contributed by atoms with Crippen LogP contribution in [0.4, 0.5) is 0 Å². The van der Waals surface area contributed by atoms with E-state index in [0.717, 1.165) is 17.0 Å². The lowest BCUT2D eigenvalue weighted by Gasteiger charge is -2.16. The number of hydrogen-bond acceptors (Lipinski definition) is 4. The lowest BCUT2D eigenvalue weighted by Crippen LogP contribution is -2.01. The monoisotopic (exact) mass is 460 g/mol. The first-order valence-corrected chi connectivity index (χ1v) is 14.1. The summed E-state index contributed by atoms with van der Waals surface area (Å²) in [7, 11) is -3.06. The summed E-state index contributed by atoms with van der Waals surface area (Å²) in [5.41, 5.74) is 3.25. The van der Waals surface area contributed by atoms with Gasteiger partial charge in [0.1, 0.15) is 0 Å². The molecule has 2 aromatic carbocycles. The Kier molecular flexibility index (Phi) is 11.7. The molecule has 0 saturated carbocycles. The third-order valence-electron chi connectivity index (χ3n) is 5.12. The first-order chi connectivity index (χ1) is 15.0. The van der Waals surface area contributed by atoms with Crippen LogP contribution >= 0.6 is 19.4 Å². The van der Waals surface area contributed by atoms with Crippen LogP contribution in [-0.4, -0.2) is 19.0 Å². The Morgan fingerprint density at radius 1 is 0.871 bits per heavy atom. The third kappa shape index (κ3) is 9.37. The Morgan fingerprint density at radius 3 is 1.90 bits per heavy atom. The van der Waals surface area contributed by atoms with Crippen LogP contribution in [0.3, 0.4) is 0 Å². The Morgan fingerprint density at radius 2 is 1.42 bits per heavy atom. The molecule has 5 heteroatoms. The standard InChI is InChI=1S/C26H37O3PS/c1-5-9-22(6-2)21-31-26-18-16-24(17-19-26)11-10-23-12-14-25(15-13-23)20-30(27,28-7-3)29-8-4/h10-19,22H,5-9,20-21H2,1-4H3/b11-10+. The van der Waals surface area contributed by atoms with Gasteiger partial charge >= 0.3 is 7.60 Å². The molecule has 0 radical (unpaired) electrons. The highest BCUT2D eigenvalue weighted by molar-refractivity contribution is 7.99. The fourth-order valence-corrected chi connectivity index (χ4v) is 6.24. The predicted molar refractivity (Wildman–Crippen MR) is 136 cm³/mol. The Labute approximate surface area is 193 Å². The van der Waals surface area contributed by atoms with Gasteiger partial charge in [-0.3, -0.25) is 4.57 Å². The van der Waals surface area contributed by atoms with Gasteiger partial charge in [0, 0.05) is 10.6 Å². The number of thioether (sulfide) groups is 1. The van der Waals surface area contributed by atoms with E-state index in [2.05, 4.69) is 50.3 Å². The lowest BCUT2D eigenvalue weighted by atomic mass is 10.0. The van der Waals surface area contributed by atoms with Gasteiger partial charge in [0.05, 0.1) is 19.4 Å². The first-order valence-electron chi connectivity index (χ1n) is 11.4. The maximum absolute atomic E-state index is 12.7. The van der Waals surface area contributed by atoms with Crippen LogP contribution in [0.15, 0.2) is 53.4 Å². The van der Waals surface area contributed by atoms with Crippen LogP contribution in [0.25, 0.3) is 12.2 Å². The molecule has 0 spiro atoms. The van der Waals surface area contributed by atoms with Crippen molar-refractivity contribution in [3.8, 4) is 0 Å². The lowest BCUT2D eigenvalue weighted by molar-refractivity contribution is 0.219. The van der Waals surface area contributed by atoms with Gasteiger partial charge in [0.25, 0.3) is 0 Å². The predicted octanol–water partition coefficient (Wildman–Crippen LogP) is 8.54. The Bertz CT molecular complexity index is 821. The van der Waals surface area contributed by atoms with E-state index in [-0.39, 0.29) is 0 Å². The van der Waals surface area contributed by atoms with E-state index >= 15 is 0 Å². The van der Waals surface area contributed by atoms with E-state index in [1.54, 1.807) is 0 Å². The molecule has 1 atom stereocenters. The maximum atomic E-state index is 12.7. The maximum Gasteiger partial charge on any atom is 0.335 e. The summed E-state index contributed by atoms with van der Waals surface area (Å²) in [5, 5.41) is 0. The van der Waals surface area contributed by atoms with Crippen molar-refractivity contribution >= 4 is 31.5 Å². The van der Waals surface area contributed by atoms with Gasteiger partial charge in [-0.05, 0) is 55.0 Å². The minimum Gasteiger partial charge on any atom is -0.309 e. The van der Waals surface area contributed by atoms with E-state index in [9.17, 15) is 4.57 Å². The van der Waals surface area contributed by atoms with Crippen molar-refractivity contribution in [1.29, 1.82) is 0 Å². The zero-order valence-electron chi connectivity index (χ0n) is 19.4. The molecule has 0 aromatic heterocycles. The Hall–Kier alpha value is -1.32. The van der Waals surface area contributed by atoms with Gasteiger partial charge in [-0.25, -0.2) is 0 Å². The van der Waals surface area contributed by atoms with E-state index < -0.39 is 7.60 Å². The highest BCUT2D eigenvalue weighted by Crippen LogP contribution is 2.51. The second-order valence-corrected chi connectivity index (χ2v) is 10.8. The molecular formula is C26H37O3PS. The second-order valence-electron chi connectivity index (χ2n) is 7.62. The van der Waals surface area contributed by atoms with E-state index in [1.165, 1.54) is 35.5 Å². The zero-order valence-corrected chi connectivity index (χ0v) is 21.1. The molecule has 0 aliphatic carbocycles. The zero-order chi connectivity index (χ0) is 22.5. The van der Waals surface area contributed by atoms with E-state index in [1.807, 2.05) is 49.9 Å². The summed E-state index contributed by atoms with van der Waals surface area (Å²) in [6.07, 6.45) is 8.37. The molecule has 0 aliphatic rings. The largest absolute Gasteiger partial charge is 0.335 e. The van der Waals surface area contributed by atoms with Gasteiger partial charge in [0.2, 0.25) is 0 Å². The topological polar surface area (TPSA) is 35.5 Å². The van der Waals surface area contributed by atoms with Gasteiger partial charge < -0.3 is 9.05 Å². The highest BCUT2D eigenvalue weighted by atomic mass is 32.2. The average Bonchev–Trinajstić information content (AvgIpc) is 2.77. The molecule has 0 bridgehead atoms. The normalized spacial score (nSPS) is 13.0. The smallest absolute Gasteiger partial charge is 0.309 e. The Balaban J connectivity index is 1.92. The highest BCUT2D eigenvalue weighted by Gasteiger charge is 2.23. The quantitative estimate of drug-likeness (QED) is 0.161. The number of benzene rings is 2. The summed E-state index contributed by atoms with van der Waals surface area (Å²) in [6, 6.07) is 16.8. The molecule has 1 unspecified atom stereocenters. The molecule has 31 heavy (non-hydrogen) atoms. The molecule has 0 aliphatic heterocycles. The van der Waals surface area contributed by atoms with Crippen LogP contribution in [0.1, 0.15) is 63.6 Å². The summed E-state index contributed by atoms with van der Waals surface area (Å²) in [4.78, 5) is 1.34. The van der Waals surface area contributed by atoms with Crippen LogP contribution in [0, 0.1) is 5.92 Å². The minimum atomic E-state index is -3.06. The van der Waals surface area contributed by atoms with Crippen molar-refractivity contribution in [1.82, 2.24) is 0 Å². The van der Waals surface area contributed by atoms with Gasteiger partial charge in [-0.15, -0.1) is 11.8 Å². The van der Waals surface area contributed by atoms with Crippen molar-refractivity contribution in [2.45, 2.75) is 58.0 Å². The number of hydrogen-bond donors (Lipinski definition) is 0. The van der Waals surface area contributed by atoms with Gasteiger partial charge in [-0.1, -0.05) is 75.2 Å². The molecule has 3 nitrogen and oxygen atoms in total. The van der Waals surface area contributed by atoms with Crippen LogP contribution in [-0.2, 0) is 19.8 Å². The molecule has 0 N–H and O–H groups in total. The molecule has 2 rings (SSSR count).